The molecule has 0 spiro atoms. The van der Waals surface area contributed by atoms with E-state index in [1.165, 1.54) is 6.26 Å². The topological polar surface area (TPSA) is 12.0 Å². The summed E-state index contributed by atoms with van der Waals surface area (Å²) in [4.78, 5) is -0.263. The summed E-state index contributed by atoms with van der Waals surface area (Å²) in [6.45, 7) is 0.481. The van der Waals surface area contributed by atoms with E-state index in [4.69, 9.17) is 0 Å². The van der Waals surface area contributed by atoms with Gasteiger partial charge in [0, 0.05) is 0 Å². The summed E-state index contributed by atoms with van der Waals surface area (Å²) < 4.78 is 39.9. The fourth-order valence-corrected chi connectivity index (χ4v) is 1.78. The maximum absolute atomic E-state index is 13.4. The molecule has 0 saturated carbocycles. The van der Waals surface area contributed by atoms with Gasteiger partial charge < -0.3 is 5.32 Å². The van der Waals surface area contributed by atoms with Gasteiger partial charge in [-0.1, -0.05) is 0 Å². The Kier molecular flexibility index (Phi) is 4.47. The van der Waals surface area contributed by atoms with E-state index in [0.717, 1.165) is 17.8 Å². The zero-order valence-corrected chi connectivity index (χ0v) is 9.35. The van der Waals surface area contributed by atoms with E-state index in [-0.39, 0.29) is 16.9 Å². The van der Waals surface area contributed by atoms with Crippen LogP contribution in [0.3, 0.4) is 0 Å². The average molecular weight is 235 g/mol. The molecule has 0 aromatic heterocycles. The van der Waals surface area contributed by atoms with Gasteiger partial charge in [-0.15, -0.1) is 11.8 Å². The Morgan fingerprint density at radius 3 is 2.47 bits per heavy atom. The Labute approximate surface area is 91.1 Å². The monoisotopic (exact) mass is 235 g/mol. The molecule has 0 unspecified atom stereocenters. The van der Waals surface area contributed by atoms with Crippen LogP contribution < -0.4 is 5.32 Å². The molecule has 1 N–H and O–H groups in total. The summed E-state index contributed by atoms with van der Waals surface area (Å²) in [6, 6.07) is 1.06. The number of thioether (sulfide) groups is 1. The molecule has 15 heavy (non-hydrogen) atoms. The first-order valence-electron chi connectivity index (χ1n) is 4.46. The van der Waals surface area contributed by atoms with E-state index in [9.17, 15) is 13.2 Å². The molecule has 0 heterocycles. The molecule has 0 aliphatic carbocycles. The van der Waals surface area contributed by atoms with Crippen molar-refractivity contribution in [3.63, 3.8) is 0 Å². The second-order valence-corrected chi connectivity index (χ2v) is 3.85. The van der Waals surface area contributed by atoms with Gasteiger partial charge in [0.2, 0.25) is 0 Å². The highest BCUT2D eigenvalue weighted by atomic mass is 32.2. The van der Waals surface area contributed by atoms with Crippen LogP contribution in [0.2, 0.25) is 0 Å². The molecule has 0 bridgehead atoms. The fraction of sp³-hybridized carbons (Fsp3) is 0.400. The minimum Gasteiger partial charge on any atom is -0.319 e. The predicted octanol–water partition coefficient (Wildman–Crippen LogP) is 2.59. The van der Waals surface area contributed by atoms with Gasteiger partial charge in [0.1, 0.15) is 5.82 Å². The van der Waals surface area contributed by atoms with Crippen molar-refractivity contribution < 1.29 is 13.2 Å². The lowest BCUT2D eigenvalue weighted by molar-refractivity contribution is 0.458. The number of benzene rings is 1. The van der Waals surface area contributed by atoms with Crippen LogP contribution >= 0.6 is 11.8 Å². The third-order valence-electron chi connectivity index (χ3n) is 2.04. The molecule has 1 aromatic carbocycles. The predicted molar refractivity (Wildman–Crippen MR) is 55.7 cm³/mol. The minimum atomic E-state index is -1.09. The van der Waals surface area contributed by atoms with Crippen molar-refractivity contribution in [2.24, 2.45) is 0 Å². The summed E-state index contributed by atoms with van der Waals surface area (Å²) in [6.07, 6.45) is 1.78. The van der Waals surface area contributed by atoms with Gasteiger partial charge in [-0.25, -0.2) is 13.2 Å². The fourth-order valence-electron chi connectivity index (χ4n) is 1.26. The van der Waals surface area contributed by atoms with Crippen LogP contribution in [-0.4, -0.2) is 19.8 Å². The minimum absolute atomic E-state index is 0.0668. The molecular formula is C10H12F3NS. The molecule has 0 atom stereocenters. The number of likely N-dealkylation sites (N-methyl/N-ethyl adjacent to an activating group) is 1. The van der Waals surface area contributed by atoms with Crippen LogP contribution in [0.15, 0.2) is 11.0 Å². The van der Waals surface area contributed by atoms with Crippen molar-refractivity contribution >= 4 is 11.8 Å². The van der Waals surface area contributed by atoms with Gasteiger partial charge in [0.05, 0.1) is 4.90 Å². The summed E-state index contributed by atoms with van der Waals surface area (Å²) in [7, 11) is 1.70. The van der Waals surface area contributed by atoms with Crippen LogP contribution in [0, 0.1) is 17.5 Å². The van der Waals surface area contributed by atoms with Crippen molar-refractivity contribution in [2.45, 2.75) is 11.3 Å². The number of halogens is 3. The lowest BCUT2D eigenvalue weighted by Gasteiger charge is -2.08. The third kappa shape index (κ3) is 2.66. The van der Waals surface area contributed by atoms with Crippen LogP contribution in [0.4, 0.5) is 13.2 Å². The first-order valence-corrected chi connectivity index (χ1v) is 5.69. The normalized spacial score (nSPS) is 10.7. The largest absolute Gasteiger partial charge is 0.319 e. The van der Waals surface area contributed by atoms with Gasteiger partial charge in [-0.2, -0.15) is 0 Å². The lowest BCUT2D eigenvalue weighted by Crippen LogP contribution is -2.12. The molecule has 84 valence electrons. The Hall–Kier alpha value is -0.680. The van der Waals surface area contributed by atoms with Crippen molar-refractivity contribution in [2.75, 3.05) is 19.8 Å². The SMILES string of the molecule is CNCCc1cc(F)c(SC)c(F)c1F. The molecule has 1 nitrogen and oxygen atoms in total. The quantitative estimate of drug-likeness (QED) is 0.636. The summed E-state index contributed by atoms with van der Waals surface area (Å²) in [5.74, 6) is -2.74. The lowest BCUT2D eigenvalue weighted by atomic mass is 10.1. The Morgan fingerprint density at radius 1 is 1.27 bits per heavy atom. The Balaban J connectivity index is 3.10. The Bertz CT molecular complexity index is 355. The van der Waals surface area contributed by atoms with Crippen molar-refractivity contribution in [3.05, 3.63) is 29.1 Å². The summed E-state index contributed by atoms with van der Waals surface area (Å²) >= 11 is 0.863. The molecular weight excluding hydrogens is 223 g/mol. The highest BCUT2D eigenvalue weighted by molar-refractivity contribution is 7.98. The van der Waals surface area contributed by atoms with Crippen molar-refractivity contribution in [3.8, 4) is 0 Å². The first-order chi connectivity index (χ1) is 7.11. The first kappa shape index (κ1) is 12.4. The average Bonchev–Trinajstić information content (AvgIpc) is 2.22. The van der Waals surface area contributed by atoms with E-state index in [1.54, 1.807) is 7.05 Å². The maximum atomic E-state index is 13.4. The molecule has 1 rings (SSSR count). The number of nitrogens with one attached hydrogen (secondary N) is 1. The van der Waals surface area contributed by atoms with E-state index in [2.05, 4.69) is 5.32 Å². The molecule has 1 aromatic rings. The molecule has 0 fully saturated rings. The van der Waals surface area contributed by atoms with Crippen LogP contribution in [0.1, 0.15) is 5.56 Å². The van der Waals surface area contributed by atoms with Crippen molar-refractivity contribution in [1.29, 1.82) is 0 Å². The molecule has 0 radical (unpaired) electrons. The van der Waals surface area contributed by atoms with Gasteiger partial charge in [-0.05, 0) is 37.9 Å². The summed E-state index contributed by atoms with van der Waals surface area (Å²) in [5.41, 5.74) is 0.0668. The van der Waals surface area contributed by atoms with E-state index in [0.29, 0.717) is 6.54 Å². The molecule has 5 heteroatoms. The molecule has 0 aliphatic heterocycles. The second kappa shape index (κ2) is 5.42. The van der Waals surface area contributed by atoms with Gasteiger partial charge >= 0.3 is 0 Å². The van der Waals surface area contributed by atoms with Crippen LogP contribution in [-0.2, 0) is 6.42 Å². The maximum Gasteiger partial charge on any atom is 0.175 e. The van der Waals surface area contributed by atoms with Crippen LogP contribution in [0.25, 0.3) is 0 Å². The van der Waals surface area contributed by atoms with Gasteiger partial charge in [0.15, 0.2) is 11.6 Å². The third-order valence-corrected chi connectivity index (χ3v) is 2.82. The standard InChI is InChI=1S/C10H12F3NS/c1-14-4-3-6-5-7(11)10(15-2)9(13)8(6)12/h5,14H,3-4H2,1-2H3. The summed E-state index contributed by atoms with van der Waals surface area (Å²) in [5, 5.41) is 2.79. The van der Waals surface area contributed by atoms with Crippen LogP contribution in [0.5, 0.6) is 0 Å². The number of rotatable bonds is 4. The Morgan fingerprint density at radius 2 is 1.93 bits per heavy atom. The molecule has 0 saturated heterocycles. The number of hydrogen-bond donors (Lipinski definition) is 1. The molecule has 0 aliphatic rings. The van der Waals surface area contributed by atoms with E-state index >= 15 is 0 Å². The smallest absolute Gasteiger partial charge is 0.175 e. The molecule has 0 amide bonds. The van der Waals surface area contributed by atoms with Gasteiger partial charge in [-0.3, -0.25) is 0 Å². The van der Waals surface area contributed by atoms with E-state index < -0.39 is 17.5 Å². The highest BCUT2D eigenvalue weighted by Crippen LogP contribution is 2.27. The van der Waals surface area contributed by atoms with Crippen molar-refractivity contribution in [1.82, 2.24) is 5.32 Å². The number of hydrogen-bond acceptors (Lipinski definition) is 2. The van der Waals surface area contributed by atoms with E-state index in [1.807, 2.05) is 0 Å². The van der Waals surface area contributed by atoms with Gasteiger partial charge in [0.25, 0.3) is 0 Å². The second-order valence-electron chi connectivity index (χ2n) is 3.03. The highest BCUT2D eigenvalue weighted by Gasteiger charge is 2.17. The zero-order chi connectivity index (χ0) is 11.4. The zero-order valence-electron chi connectivity index (χ0n) is 8.53.